The largest absolute Gasteiger partial charge is 0.437 e. The molecule has 12 aromatic heterocycles. The molecule has 0 fully saturated rings. The molecule has 4 aromatic carbocycles. The molecule has 0 saturated heterocycles. The molecule has 12 nitrogen and oxygen atoms in total. The Morgan fingerprint density at radius 3 is 0.971 bits per heavy atom. The Bertz CT molecular complexity index is 5950. The molecular formula is C92H100N8O4+4. The summed E-state index contributed by atoms with van der Waals surface area (Å²) in [5, 5.41) is 8.83. The molecule has 528 valence electrons. The number of benzene rings is 4. The predicted octanol–water partition coefficient (Wildman–Crippen LogP) is 21.3. The van der Waals surface area contributed by atoms with Crippen LogP contribution in [0.15, 0.2) is 188 Å². The number of rotatable bonds is 11. The molecular weight excluding hydrogens is 1280 g/mol. The van der Waals surface area contributed by atoms with Crippen molar-refractivity contribution in [3.05, 3.63) is 238 Å². The zero-order valence-corrected chi connectivity index (χ0v) is 64.6. The van der Waals surface area contributed by atoms with Gasteiger partial charge in [0.05, 0.1) is 22.3 Å². The second-order valence-corrected chi connectivity index (χ2v) is 30.1. The zero-order valence-electron chi connectivity index (χ0n) is 64.6. The molecule has 104 heavy (non-hydrogen) atoms. The summed E-state index contributed by atoms with van der Waals surface area (Å²) in [6, 6.07) is 51.8. The van der Waals surface area contributed by atoms with E-state index in [4.69, 9.17) is 32.6 Å². The number of furan rings is 4. The Hall–Kier alpha value is -10.7. The van der Waals surface area contributed by atoms with Gasteiger partial charge in [-0.05, 0) is 174 Å². The van der Waals surface area contributed by atoms with Crippen LogP contribution in [0.25, 0.3) is 133 Å². The second kappa shape index (κ2) is 29.2. The summed E-state index contributed by atoms with van der Waals surface area (Å²) in [5.41, 5.74) is 30.1. The summed E-state index contributed by atoms with van der Waals surface area (Å²) in [6.07, 6.45) is 13.9. The van der Waals surface area contributed by atoms with Crippen molar-refractivity contribution in [2.75, 3.05) is 0 Å². The lowest BCUT2D eigenvalue weighted by Crippen LogP contribution is -2.31. The van der Waals surface area contributed by atoms with Gasteiger partial charge in [0.2, 0.25) is 45.6 Å². The molecule has 0 aliphatic rings. The first-order valence-electron chi connectivity index (χ1n) is 37.1. The Labute approximate surface area is 611 Å². The average molecular weight is 1380 g/mol. The van der Waals surface area contributed by atoms with Crippen molar-refractivity contribution >= 4 is 88.3 Å². The molecule has 0 aliphatic heterocycles. The summed E-state index contributed by atoms with van der Waals surface area (Å²) in [5.74, 6) is 0.960. The second-order valence-electron chi connectivity index (χ2n) is 30.1. The van der Waals surface area contributed by atoms with Gasteiger partial charge in [-0.15, -0.1) is 0 Å². The SMILES string of the molecule is CCc1ccc(-c2c(C)ccc3c2oc2nc(C(C)(C)C)ccc23)[n+](C)c1.CCc1ccc(-c2c(C)ccc3c2oc2nc(C(C)C)ccc23)[n+](C)c1.CCc1ccc(-c2c(C)ccc3c2oc2nc(C)ccc23)[n+](C)c1.CCc1ccc(-c2c(C)ccc3c2oc2nc(CC(C)C)ccc23)[n+](C)c1. The van der Waals surface area contributed by atoms with Crippen molar-refractivity contribution < 1.29 is 35.9 Å². The van der Waals surface area contributed by atoms with E-state index in [1.165, 1.54) is 44.5 Å². The van der Waals surface area contributed by atoms with Gasteiger partial charge in [-0.2, -0.15) is 0 Å². The summed E-state index contributed by atoms with van der Waals surface area (Å²) in [4.78, 5) is 18.9. The minimum atomic E-state index is -0.00562. The molecule has 0 N–H and O–H groups in total. The van der Waals surface area contributed by atoms with Crippen LogP contribution in [0, 0.1) is 40.5 Å². The summed E-state index contributed by atoms with van der Waals surface area (Å²) < 4.78 is 33.9. The number of aryl methyl sites for hydroxylation is 13. The van der Waals surface area contributed by atoms with Crippen LogP contribution in [-0.2, 0) is 65.7 Å². The van der Waals surface area contributed by atoms with Crippen molar-refractivity contribution in [3.8, 4) is 45.0 Å². The molecule has 12 heteroatoms. The predicted molar refractivity (Wildman–Crippen MR) is 425 cm³/mol. The maximum absolute atomic E-state index is 6.34. The number of pyridine rings is 8. The molecule has 16 aromatic rings. The molecule has 0 aliphatic carbocycles. The number of aromatic nitrogens is 8. The normalized spacial score (nSPS) is 11.8. The quantitative estimate of drug-likeness (QED) is 0.117. The summed E-state index contributed by atoms with van der Waals surface area (Å²) >= 11 is 0. The molecule has 0 radical (unpaired) electrons. The van der Waals surface area contributed by atoms with Crippen molar-refractivity contribution in [2.24, 2.45) is 34.1 Å². The Balaban J connectivity index is 0.000000123. The van der Waals surface area contributed by atoms with E-state index >= 15 is 0 Å². The standard InChI is InChI=1S/2C24H27N2O.C23H25N2O.C21H21N2O/c1-7-16-9-12-19(26(6)14-16)21-15(2)8-10-17-18-11-13-20(24(3,4)5)25-23(18)27-22(17)21;1-6-17-8-12-21(26(5)14-17)22-16(4)7-10-19-20-11-9-18(13-15(2)3)25-24(20)27-23(19)22;1-6-16-8-12-20(25(5)13-16)21-15(4)7-9-17-18-10-11-19(14(2)3)24-23(18)26-22(17)21;1-5-15-8-11-18(23(4)12-15)19-13(2)6-9-16-17-10-7-14(3)22-21(17)24-20(16)19/h8-14H,7H2,1-6H3;7-12,14-15H,6,13H2,1-5H3;7-14H,6H2,1-5H3;6-12H,5H2,1-4H3/q4*+1. The topological polar surface area (TPSA) is 120 Å². The third-order valence-electron chi connectivity index (χ3n) is 20.5. The lowest BCUT2D eigenvalue weighted by atomic mass is 9.91. The van der Waals surface area contributed by atoms with E-state index in [-0.39, 0.29) is 5.41 Å². The fraction of sp³-hybridized carbons (Fsp3) is 0.304. The first kappa shape index (κ1) is 71.7. The lowest BCUT2D eigenvalue weighted by Gasteiger charge is -2.16. The van der Waals surface area contributed by atoms with E-state index in [2.05, 4.69) is 320 Å². The molecule has 16 rings (SSSR count). The molecule has 0 amide bonds. The number of fused-ring (bicyclic) bond motifs is 12. The molecule has 0 bridgehead atoms. The van der Waals surface area contributed by atoms with Crippen molar-refractivity contribution in [1.29, 1.82) is 0 Å². The van der Waals surface area contributed by atoms with Crippen LogP contribution in [0.5, 0.6) is 0 Å². The molecule has 0 spiro atoms. The van der Waals surface area contributed by atoms with Crippen LogP contribution in [0.3, 0.4) is 0 Å². The minimum absolute atomic E-state index is 0.00562. The Morgan fingerprint density at radius 2 is 0.644 bits per heavy atom. The first-order chi connectivity index (χ1) is 49.8. The van der Waals surface area contributed by atoms with E-state index < -0.39 is 0 Å². The Kier molecular flexibility index (Phi) is 20.1. The van der Waals surface area contributed by atoms with Gasteiger partial charge < -0.3 is 17.7 Å². The maximum atomic E-state index is 6.34. The zero-order chi connectivity index (χ0) is 73.7. The monoisotopic (exact) mass is 1380 g/mol. The van der Waals surface area contributed by atoms with Gasteiger partial charge in [0.25, 0.3) is 0 Å². The van der Waals surface area contributed by atoms with Crippen LogP contribution in [0.4, 0.5) is 0 Å². The van der Waals surface area contributed by atoms with Gasteiger partial charge >= 0.3 is 0 Å². The highest BCUT2D eigenvalue weighted by Gasteiger charge is 2.27. The van der Waals surface area contributed by atoms with E-state index in [9.17, 15) is 0 Å². The van der Waals surface area contributed by atoms with E-state index in [0.29, 0.717) is 17.5 Å². The molecule has 0 saturated carbocycles. The highest BCUT2D eigenvalue weighted by atomic mass is 16.4. The van der Waals surface area contributed by atoms with E-state index in [0.717, 1.165) is 182 Å². The maximum Gasteiger partial charge on any atom is 0.227 e. The smallest absolute Gasteiger partial charge is 0.227 e. The number of hydrogen-bond acceptors (Lipinski definition) is 8. The van der Waals surface area contributed by atoms with Gasteiger partial charge in [-0.1, -0.05) is 125 Å². The van der Waals surface area contributed by atoms with Gasteiger partial charge in [0.1, 0.15) is 28.2 Å². The van der Waals surface area contributed by atoms with Crippen LogP contribution < -0.4 is 18.3 Å². The lowest BCUT2D eigenvalue weighted by molar-refractivity contribution is -0.660. The van der Waals surface area contributed by atoms with Crippen molar-refractivity contribution in [2.45, 2.75) is 154 Å². The van der Waals surface area contributed by atoms with Crippen molar-refractivity contribution in [1.82, 2.24) is 19.9 Å². The molecule has 0 atom stereocenters. The third-order valence-corrected chi connectivity index (χ3v) is 20.5. The fourth-order valence-electron chi connectivity index (χ4n) is 14.5. The van der Waals surface area contributed by atoms with Crippen LogP contribution >= 0.6 is 0 Å². The van der Waals surface area contributed by atoms with Gasteiger partial charge in [0, 0.05) is 118 Å². The summed E-state index contributed by atoms with van der Waals surface area (Å²) in [6.45, 7) is 34.5. The van der Waals surface area contributed by atoms with Crippen molar-refractivity contribution in [3.63, 3.8) is 0 Å². The highest BCUT2D eigenvalue weighted by Crippen LogP contribution is 2.42. The Morgan fingerprint density at radius 1 is 0.337 bits per heavy atom. The van der Waals surface area contributed by atoms with Crippen LogP contribution in [0.2, 0.25) is 0 Å². The van der Waals surface area contributed by atoms with E-state index in [1.807, 2.05) is 13.0 Å². The number of hydrogen-bond donors (Lipinski definition) is 0. The minimum Gasteiger partial charge on any atom is -0.437 e. The molecule has 12 heterocycles. The summed E-state index contributed by atoms with van der Waals surface area (Å²) in [7, 11) is 8.40. The van der Waals surface area contributed by atoms with E-state index in [1.54, 1.807) is 0 Å². The van der Waals surface area contributed by atoms with Gasteiger partial charge in [-0.3, -0.25) is 0 Å². The third kappa shape index (κ3) is 13.9. The first-order valence-corrected chi connectivity index (χ1v) is 37.1. The van der Waals surface area contributed by atoms with Crippen LogP contribution in [0.1, 0.15) is 149 Å². The molecule has 0 unspecified atom stereocenters. The van der Waals surface area contributed by atoms with Gasteiger partial charge in [-0.25, -0.2) is 38.2 Å². The van der Waals surface area contributed by atoms with Crippen LogP contribution in [-0.4, -0.2) is 19.9 Å². The average Bonchev–Trinajstić information content (AvgIpc) is 1.62. The number of nitrogens with zero attached hydrogens (tertiary/aromatic N) is 8. The highest BCUT2D eigenvalue weighted by molar-refractivity contribution is 6.12. The van der Waals surface area contributed by atoms with Gasteiger partial charge in [0.15, 0.2) is 47.1 Å². The fourth-order valence-corrected chi connectivity index (χ4v) is 14.5.